The van der Waals surface area contributed by atoms with Crippen LogP contribution in [0.25, 0.3) is 0 Å². The van der Waals surface area contributed by atoms with E-state index in [1.54, 1.807) is 32.0 Å². The zero-order valence-corrected chi connectivity index (χ0v) is 33.6. The number of carbonyl (C=O) groups is 4. The number of nitrogens with zero attached hydrogens (tertiary/aromatic N) is 8. The van der Waals surface area contributed by atoms with Gasteiger partial charge in [0, 0.05) is 64.3 Å². The number of benzene rings is 1. The van der Waals surface area contributed by atoms with Crippen LogP contribution in [-0.2, 0) is 14.4 Å². The number of pyridine rings is 1. The summed E-state index contributed by atoms with van der Waals surface area (Å²) in [5, 5.41) is 7.30. The van der Waals surface area contributed by atoms with Crippen LogP contribution >= 0.6 is 0 Å². The van der Waals surface area contributed by atoms with Gasteiger partial charge in [0.15, 0.2) is 5.82 Å². The van der Waals surface area contributed by atoms with Gasteiger partial charge in [-0.05, 0) is 76.3 Å². The first-order valence-corrected chi connectivity index (χ1v) is 20.0. The lowest BCUT2D eigenvalue weighted by atomic mass is 9.94. The fraction of sp³-hybridized carbons (Fsp3) is 0.525. The molecule has 1 aromatic carbocycles. The summed E-state index contributed by atoms with van der Waals surface area (Å²) in [6, 6.07) is 5.84. The van der Waals surface area contributed by atoms with Crippen LogP contribution in [0.5, 0.6) is 5.75 Å². The van der Waals surface area contributed by atoms with Crippen molar-refractivity contribution in [1.82, 2.24) is 35.6 Å². The number of nitrogens with one attached hydrogen (secondary N) is 3. The maximum absolute atomic E-state index is 15.2. The molecule has 59 heavy (non-hydrogen) atoms. The van der Waals surface area contributed by atoms with Gasteiger partial charge in [-0.2, -0.15) is 13.8 Å². The Morgan fingerprint density at radius 1 is 1.00 bits per heavy atom. The van der Waals surface area contributed by atoms with E-state index < -0.39 is 36.0 Å². The van der Waals surface area contributed by atoms with Gasteiger partial charge in [0.1, 0.15) is 17.3 Å². The molecule has 16 nitrogen and oxygen atoms in total. The maximum Gasteiger partial charge on any atom is 0.342 e. The van der Waals surface area contributed by atoms with Crippen LogP contribution in [0, 0.1) is 11.7 Å². The van der Waals surface area contributed by atoms with Gasteiger partial charge in [0.25, 0.3) is 11.8 Å². The second-order valence-corrected chi connectivity index (χ2v) is 15.8. The Labute approximate surface area is 340 Å². The molecule has 0 aliphatic carbocycles. The van der Waals surface area contributed by atoms with E-state index in [-0.39, 0.29) is 41.7 Å². The van der Waals surface area contributed by atoms with Crippen molar-refractivity contribution in [2.24, 2.45) is 5.92 Å². The van der Waals surface area contributed by atoms with Crippen molar-refractivity contribution < 1.29 is 37.1 Å². The number of anilines is 5. The third-order valence-corrected chi connectivity index (χ3v) is 11.6. The molecular formula is C40H50F3N11O5. The summed E-state index contributed by atoms with van der Waals surface area (Å²) in [6.45, 7) is 7.91. The van der Waals surface area contributed by atoms with Gasteiger partial charge in [-0.1, -0.05) is 0 Å². The average Bonchev–Trinajstić information content (AvgIpc) is 3.29. The van der Waals surface area contributed by atoms with Gasteiger partial charge >= 0.3 is 5.92 Å². The number of piperidine rings is 2. The molecular weight excluding hydrogens is 772 g/mol. The minimum atomic E-state index is -3.61. The van der Waals surface area contributed by atoms with E-state index in [2.05, 4.69) is 35.9 Å². The molecule has 4 amide bonds. The number of carbonyl (C=O) groups excluding carboxylic acids is 4. The molecule has 0 saturated carbocycles. The third-order valence-electron chi connectivity index (χ3n) is 11.6. The second-order valence-electron chi connectivity index (χ2n) is 15.8. The van der Waals surface area contributed by atoms with Gasteiger partial charge in [0.2, 0.25) is 17.8 Å². The van der Waals surface area contributed by atoms with Crippen molar-refractivity contribution in [3.63, 3.8) is 0 Å². The Kier molecular flexibility index (Phi) is 12.2. The Morgan fingerprint density at radius 3 is 2.41 bits per heavy atom. The fourth-order valence-corrected chi connectivity index (χ4v) is 8.03. The predicted octanol–water partition coefficient (Wildman–Crippen LogP) is 3.68. The molecule has 1 atom stereocenters. The highest BCUT2D eigenvalue weighted by Gasteiger charge is 2.47. The summed E-state index contributed by atoms with van der Waals surface area (Å²) in [6.07, 6.45) is 6.24. The van der Waals surface area contributed by atoms with E-state index in [1.165, 1.54) is 37.5 Å². The highest BCUT2D eigenvalue weighted by atomic mass is 19.3. The highest BCUT2D eigenvalue weighted by molar-refractivity contribution is 6.02. The average molecular weight is 822 g/mol. The summed E-state index contributed by atoms with van der Waals surface area (Å²) in [5.41, 5.74) is 4.77. The molecule has 316 valence electrons. The van der Waals surface area contributed by atoms with E-state index in [0.29, 0.717) is 66.9 Å². The monoisotopic (exact) mass is 821 g/mol. The number of aromatic nitrogens is 3. The minimum absolute atomic E-state index is 0.102. The number of ether oxygens (including phenoxy) is 1. The number of hydrogen-bond acceptors (Lipinski definition) is 13. The topological polar surface area (TPSA) is 168 Å². The lowest BCUT2D eigenvalue weighted by Crippen LogP contribution is -2.48. The normalized spacial score (nSPS) is 20.6. The number of hydrogen-bond donors (Lipinski definition) is 3. The van der Waals surface area contributed by atoms with E-state index >= 15 is 4.39 Å². The quantitative estimate of drug-likeness (QED) is 0.240. The summed E-state index contributed by atoms with van der Waals surface area (Å²) in [5.74, 6) is -5.88. The summed E-state index contributed by atoms with van der Waals surface area (Å²) < 4.78 is 50.2. The molecule has 3 fully saturated rings. The number of amides is 4. The van der Waals surface area contributed by atoms with E-state index in [1.807, 2.05) is 9.91 Å². The number of imide groups is 1. The maximum atomic E-state index is 15.2. The molecule has 0 radical (unpaired) electrons. The van der Waals surface area contributed by atoms with Crippen LogP contribution < -0.4 is 35.5 Å². The van der Waals surface area contributed by atoms with Crippen LogP contribution in [0.2, 0.25) is 0 Å². The van der Waals surface area contributed by atoms with Crippen LogP contribution in [0.3, 0.4) is 0 Å². The number of rotatable bonds is 11. The standard InChI is InChI=1S/C40H50F3N11O5/c1-24(2)54-23-40(42,43)38(58)50(3)32-22-45-39(48-35(32)54)46-29-7-5-26(19-33(29)59-4)36(56)49-53-13-10-25(11-14-53)9-12-51-15-17-52(18-16-51)31-21-44-30(20-28(31)41)27-6-8-34(55)47-37(27)57/h5,7,19-22,24-25,27H,6,8-18,23H2,1-4H3,(H,49,56)(H,45,46,48)(H,47,55,57). The number of methoxy groups -OCH3 is 1. The number of alkyl halides is 2. The number of piperazine rings is 1. The smallest absolute Gasteiger partial charge is 0.342 e. The van der Waals surface area contributed by atoms with Crippen LogP contribution in [0.1, 0.15) is 67.9 Å². The highest BCUT2D eigenvalue weighted by Crippen LogP contribution is 2.37. The van der Waals surface area contributed by atoms with Crippen LogP contribution in [-0.4, -0.2) is 127 Å². The van der Waals surface area contributed by atoms with Crippen LogP contribution in [0.4, 0.5) is 42.0 Å². The lowest BCUT2D eigenvalue weighted by Gasteiger charge is -2.37. The predicted molar refractivity (Wildman–Crippen MR) is 214 cm³/mol. The Morgan fingerprint density at radius 2 is 1.73 bits per heavy atom. The first-order chi connectivity index (χ1) is 28.2. The second kappa shape index (κ2) is 17.3. The Bertz CT molecular complexity index is 2070. The molecule has 3 aromatic rings. The van der Waals surface area contributed by atoms with Gasteiger partial charge in [-0.25, -0.2) is 14.4 Å². The summed E-state index contributed by atoms with van der Waals surface area (Å²) in [7, 11) is 2.74. The SMILES string of the molecule is COc1cc(C(=O)NN2CCC(CCN3CCN(c4cnc(C5CCC(=O)NC5=O)cc4F)CC3)CC2)ccc1Nc1ncc2c(n1)N(C(C)C)CC(F)(F)C(=O)N2C. The van der Waals surface area contributed by atoms with E-state index in [9.17, 15) is 28.0 Å². The van der Waals surface area contributed by atoms with Gasteiger partial charge < -0.3 is 24.8 Å². The van der Waals surface area contributed by atoms with Crippen LogP contribution in [0.15, 0.2) is 36.7 Å². The van der Waals surface area contributed by atoms with Crippen molar-refractivity contribution in [2.75, 3.05) is 86.5 Å². The van der Waals surface area contributed by atoms with Gasteiger partial charge in [-0.15, -0.1) is 0 Å². The molecule has 6 heterocycles. The van der Waals surface area contributed by atoms with E-state index in [0.717, 1.165) is 43.8 Å². The Balaban J connectivity index is 0.867. The zero-order valence-electron chi connectivity index (χ0n) is 33.6. The first-order valence-electron chi connectivity index (χ1n) is 20.0. The molecule has 7 rings (SSSR count). The first kappa shape index (κ1) is 41.6. The third kappa shape index (κ3) is 9.20. The zero-order chi connectivity index (χ0) is 42.0. The number of hydrazine groups is 1. The lowest BCUT2D eigenvalue weighted by molar-refractivity contribution is -0.140. The molecule has 3 saturated heterocycles. The minimum Gasteiger partial charge on any atom is -0.495 e. The summed E-state index contributed by atoms with van der Waals surface area (Å²) in [4.78, 5) is 69.3. The number of fused-ring (bicyclic) bond motifs is 1. The van der Waals surface area contributed by atoms with Crippen molar-refractivity contribution in [1.29, 1.82) is 0 Å². The Hall–Kier alpha value is -5.56. The van der Waals surface area contributed by atoms with Gasteiger partial charge in [0.05, 0.1) is 49.0 Å². The fourth-order valence-electron chi connectivity index (χ4n) is 8.03. The van der Waals surface area contributed by atoms with E-state index in [4.69, 9.17) is 4.74 Å². The van der Waals surface area contributed by atoms with Crippen molar-refractivity contribution in [3.05, 3.63) is 53.7 Å². The van der Waals surface area contributed by atoms with Crippen molar-refractivity contribution >= 4 is 52.5 Å². The molecule has 0 spiro atoms. The number of halogens is 3. The molecule has 4 aliphatic rings. The largest absolute Gasteiger partial charge is 0.495 e. The molecule has 0 bridgehead atoms. The summed E-state index contributed by atoms with van der Waals surface area (Å²) >= 11 is 0. The van der Waals surface area contributed by atoms with Gasteiger partial charge in [-0.3, -0.25) is 39.8 Å². The molecule has 19 heteroatoms. The molecule has 3 N–H and O–H groups in total. The molecule has 2 aromatic heterocycles. The van der Waals surface area contributed by atoms with Crippen molar-refractivity contribution in [2.45, 2.75) is 63.8 Å². The van der Waals surface area contributed by atoms with Crippen molar-refractivity contribution in [3.8, 4) is 5.75 Å². The molecule has 4 aliphatic heterocycles. The molecule has 1 unspecified atom stereocenters.